The van der Waals surface area contributed by atoms with Gasteiger partial charge in [-0.3, -0.25) is 4.90 Å². The second-order valence-corrected chi connectivity index (χ2v) is 3.05. The van der Waals surface area contributed by atoms with Crippen molar-refractivity contribution in [2.45, 2.75) is 25.4 Å². The van der Waals surface area contributed by atoms with E-state index in [1.807, 2.05) is 0 Å². The van der Waals surface area contributed by atoms with E-state index in [4.69, 9.17) is 10.2 Å². The third-order valence-electron chi connectivity index (χ3n) is 1.92. The Kier molecular flexibility index (Phi) is 1.33. The highest BCUT2D eigenvalue weighted by molar-refractivity contribution is 5.87. The van der Waals surface area contributed by atoms with E-state index >= 15 is 0 Å². The second-order valence-electron chi connectivity index (χ2n) is 3.05. The van der Waals surface area contributed by atoms with Crippen molar-refractivity contribution >= 4 is 12.1 Å². The van der Waals surface area contributed by atoms with Gasteiger partial charge in [-0.1, -0.05) is 0 Å². The summed E-state index contributed by atoms with van der Waals surface area (Å²) in [7, 11) is 0. The maximum Gasteiger partial charge on any atom is 0.408 e. The minimum absolute atomic E-state index is 0.738. The fraction of sp³-hybridized carbons (Fsp3) is 0.667. The molecule has 0 aromatic carbocycles. The molecule has 1 aliphatic heterocycles. The van der Waals surface area contributed by atoms with E-state index in [1.165, 1.54) is 0 Å². The Morgan fingerprint density at radius 3 is 1.91 bits per heavy atom. The molecule has 1 heterocycles. The molecule has 1 unspecified atom stereocenters. The van der Waals surface area contributed by atoms with Gasteiger partial charge in [-0.25, -0.2) is 9.59 Å². The normalized spacial score (nSPS) is 26.4. The van der Waals surface area contributed by atoms with Crippen LogP contribution in [-0.2, 0) is 4.79 Å². The van der Waals surface area contributed by atoms with Gasteiger partial charge in [0.05, 0.1) is 5.54 Å². The van der Waals surface area contributed by atoms with E-state index in [-0.39, 0.29) is 0 Å². The average molecular weight is 159 g/mol. The van der Waals surface area contributed by atoms with Crippen molar-refractivity contribution in [2.75, 3.05) is 0 Å². The fourth-order valence-electron chi connectivity index (χ4n) is 1.26. The molecule has 62 valence electrons. The molecule has 0 aliphatic carbocycles. The Bertz CT molecular complexity index is 201. The minimum Gasteiger partial charge on any atom is -0.480 e. The zero-order chi connectivity index (χ0) is 8.81. The van der Waals surface area contributed by atoms with E-state index in [9.17, 15) is 9.59 Å². The second kappa shape index (κ2) is 1.87. The van der Waals surface area contributed by atoms with Gasteiger partial charge in [-0.2, -0.15) is 0 Å². The predicted octanol–water partition coefficient (Wildman–Crippen LogP) is 0.212. The summed E-state index contributed by atoms with van der Waals surface area (Å²) >= 11 is 0. The maximum atomic E-state index is 10.4. The monoisotopic (exact) mass is 159 g/mol. The average Bonchev–Trinajstić information content (AvgIpc) is 2.33. The number of carboxylic acid groups (broad SMARTS) is 2. The maximum absolute atomic E-state index is 10.4. The van der Waals surface area contributed by atoms with Crippen LogP contribution in [0, 0.1) is 0 Å². The lowest BCUT2D eigenvalue weighted by atomic mass is 10.1. The van der Waals surface area contributed by atoms with Gasteiger partial charge in [-0.15, -0.1) is 0 Å². The molecule has 0 spiro atoms. The zero-order valence-corrected chi connectivity index (χ0v) is 6.24. The molecule has 0 radical (unpaired) electrons. The van der Waals surface area contributed by atoms with E-state index in [2.05, 4.69) is 0 Å². The first-order valence-corrected chi connectivity index (χ1v) is 3.14. The molecular weight excluding hydrogens is 150 g/mol. The molecular formula is C6H9NO4. The number of hydrogen-bond donors (Lipinski definition) is 2. The lowest BCUT2D eigenvalue weighted by Gasteiger charge is -1.97. The van der Waals surface area contributed by atoms with Crippen LogP contribution in [-0.4, -0.2) is 38.8 Å². The molecule has 1 atom stereocenters. The van der Waals surface area contributed by atoms with Crippen molar-refractivity contribution in [3.63, 3.8) is 0 Å². The zero-order valence-electron chi connectivity index (χ0n) is 6.24. The summed E-state index contributed by atoms with van der Waals surface area (Å²) in [6, 6.07) is -0.875. The third-order valence-corrected chi connectivity index (χ3v) is 1.92. The molecule has 1 aliphatic rings. The number of hydrogen-bond acceptors (Lipinski definition) is 2. The Labute approximate surface area is 63.2 Å². The van der Waals surface area contributed by atoms with Crippen LogP contribution in [0.3, 0.4) is 0 Å². The smallest absolute Gasteiger partial charge is 0.408 e. The van der Waals surface area contributed by atoms with Crippen LogP contribution in [0.4, 0.5) is 4.79 Å². The van der Waals surface area contributed by atoms with Gasteiger partial charge >= 0.3 is 12.1 Å². The van der Waals surface area contributed by atoms with E-state index in [1.54, 1.807) is 13.8 Å². The highest BCUT2D eigenvalue weighted by atomic mass is 16.4. The van der Waals surface area contributed by atoms with E-state index in [0.29, 0.717) is 0 Å². The molecule has 1 fully saturated rings. The summed E-state index contributed by atoms with van der Waals surface area (Å²) in [4.78, 5) is 21.7. The SMILES string of the molecule is CC1(C)C(C(=O)O)N1C(=O)O. The molecule has 5 nitrogen and oxygen atoms in total. The molecule has 0 bridgehead atoms. The van der Waals surface area contributed by atoms with Gasteiger partial charge in [0.1, 0.15) is 0 Å². The summed E-state index contributed by atoms with van der Waals surface area (Å²) in [5.74, 6) is -1.09. The Hall–Kier alpha value is -1.26. The summed E-state index contributed by atoms with van der Waals surface area (Å²) in [6.07, 6.45) is -1.18. The molecule has 0 aromatic rings. The number of amides is 1. The van der Waals surface area contributed by atoms with Crippen LogP contribution >= 0.6 is 0 Å². The topological polar surface area (TPSA) is 77.6 Å². The fourth-order valence-corrected chi connectivity index (χ4v) is 1.26. The summed E-state index contributed by atoms with van der Waals surface area (Å²) in [6.45, 7) is 3.17. The van der Waals surface area contributed by atoms with Gasteiger partial charge < -0.3 is 10.2 Å². The predicted molar refractivity (Wildman–Crippen MR) is 35.4 cm³/mol. The van der Waals surface area contributed by atoms with Gasteiger partial charge in [0.2, 0.25) is 0 Å². The van der Waals surface area contributed by atoms with Crippen molar-refractivity contribution in [3.8, 4) is 0 Å². The highest BCUT2D eigenvalue weighted by Crippen LogP contribution is 2.40. The molecule has 0 saturated carbocycles. The first kappa shape index (κ1) is 7.84. The van der Waals surface area contributed by atoms with Crippen molar-refractivity contribution in [2.24, 2.45) is 0 Å². The van der Waals surface area contributed by atoms with Crippen LogP contribution in [0.25, 0.3) is 0 Å². The molecule has 1 rings (SSSR count). The summed E-state index contributed by atoms with van der Waals surface area (Å²) in [5, 5.41) is 17.0. The van der Waals surface area contributed by atoms with Gasteiger partial charge in [0, 0.05) is 0 Å². The molecule has 1 amide bonds. The van der Waals surface area contributed by atoms with E-state index < -0.39 is 23.6 Å². The Morgan fingerprint density at radius 1 is 1.36 bits per heavy atom. The van der Waals surface area contributed by atoms with Gasteiger partial charge in [0.25, 0.3) is 0 Å². The molecule has 0 aromatic heterocycles. The first-order valence-electron chi connectivity index (χ1n) is 3.14. The van der Waals surface area contributed by atoms with Crippen molar-refractivity contribution < 1.29 is 19.8 Å². The number of nitrogens with zero attached hydrogens (tertiary/aromatic N) is 1. The van der Waals surface area contributed by atoms with Gasteiger partial charge in [-0.05, 0) is 13.8 Å². The molecule has 2 N–H and O–H groups in total. The number of carboxylic acids is 1. The van der Waals surface area contributed by atoms with Crippen LogP contribution in [0.1, 0.15) is 13.8 Å². The van der Waals surface area contributed by atoms with Gasteiger partial charge in [0.15, 0.2) is 6.04 Å². The minimum atomic E-state index is -1.18. The van der Waals surface area contributed by atoms with Crippen LogP contribution in [0.5, 0.6) is 0 Å². The standard InChI is InChI=1S/C6H9NO4/c1-6(2)3(4(8)9)7(6)5(10)11/h3H,1-2H3,(H,8,9)(H,10,11). The quantitative estimate of drug-likeness (QED) is 0.536. The van der Waals surface area contributed by atoms with Crippen molar-refractivity contribution in [1.82, 2.24) is 4.90 Å². The molecule has 1 saturated heterocycles. The van der Waals surface area contributed by atoms with Crippen LogP contribution < -0.4 is 0 Å². The largest absolute Gasteiger partial charge is 0.480 e. The Morgan fingerprint density at radius 2 is 1.82 bits per heavy atom. The van der Waals surface area contributed by atoms with Crippen molar-refractivity contribution in [1.29, 1.82) is 0 Å². The van der Waals surface area contributed by atoms with Crippen molar-refractivity contribution in [3.05, 3.63) is 0 Å². The van der Waals surface area contributed by atoms with Crippen LogP contribution in [0.2, 0.25) is 0 Å². The number of aliphatic carboxylic acids is 1. The highest BCUT2D eigenvalue weighted by Gasteiger charge is 2.63. The summed E-state index contributed by atoms with van der Waals surface area (Å²) < 4.78 is 0. The molecule has 11 heavy (non-hydrogen) atoms. The lowest BCUT2D eigenvalue weighted by molar-refractivity contribution is -0.137. The first-order chi connectivity index (χ1) is 4.89. The number of rotatable bonds is 1. The Balaban J connectivity index is 2.76. The van der Waals surface area contributed by atoms with E-state index in [0.717, 1.165) is 4.90 Å². The number of carbonyl (C=O) groups is 2. The lowest BCUT2D eigenvalue weighted by Crippen LogP contribution is -2.16. The van der Waals surface area contributed by atoms with Crippen LogP contribution in [0.15, 0.2) is 0 Å². The summed E-state index contributed by atoms with van der Waals surface area (Å²) in [5.41, 5.74) is -0.738. The molecule has 5 heteroatoms. The third kappa shape index (κ3) is 0.923.